The summed E-state index contributed by atoms with van der Waals surface area (Å²) in [6.07, 6.45) is 9.18. The van der Waals surface area contributed by atoms with Crippen LogP contribution in [0.2, 0.25) is 0 Å². The molecular weight excluding hydrogens is 506 g/mol. The Hall–Kier alpha value is -3.44. The van der Waals surface area contributed by atoms with Crippen molar-refractivity contribution in [3.8, 4) is 11.1 Å². The first kappa shape index (κ1) is 27.7. The Morgan fingerprint density at radius 3 is 2.00 bits per heavy atom. The van der Waals surface area contributed by atoms with Gasteiger partial charge in [0.15, 0.2) is 0 Å². The number of nitrogens with zero attached hydrogens (tertiary/aromatic N) is 2. The molecule has 0 radical (unpaired) electrons. The van der Waals surface area contributed by atoms with Crippen molar-refractivity contribution < 1.29 is 9.59 Å². The van der Waals surface area contributed by atoms with E-state index in [-0.39, 0.29) is 17.9 Å². The zero-order valence-electron chi connectivity index (χ0n) is 24.2. The van der Waals surface area contributed by atoms with Crippen LogP contribution in [0.5, 0.6) is 0 Å². The lowest BCUT2D eigenvalue weighted by Crippen LogP contribution is -2.49. The largest absolute Gasteiger partial charge is 0.352 e. The van der Waals surface area contributed by atoms with E-state index in [1.54, 1.807) is 0 Å². The van der Waals surface area contributed by atoms with E-state index in [2.05, 4.69) is 58.7 Å². The van der Waals surface area contributed by atoms with Gasteiger partial charge in [-0.3, -0.25) is 14.5 Å². The highest BCUT2D eigenvalue weighted by Gasteiger charge is 2.48. The van der Waals surface area contributed by atoms with Crippen LogP contribution in [-0.4, -0.2) is 60.4 Å². The summed E-state index contributed by atoms with van der Waals surface area (Å²) in [7, 11) is 0. The van der Waals surface area contributed by atoms with Gasteiger partial charge in [0.25, 0.3) is 0 Å². The maximum Gasteiger partial charge on any atom is 0.235 e. The van der Waals surface area contributed by atoms with E-state index in [1.165, 1.54) is 41.5 Å². The van der Waals surface area contributed by atoms with Crippen LogP contribution in [0.4, 0.5) is 0 Å². The Morgan fingerprint density at radius 1 is 0.732 bits per heavy atom. The van der Waals surface area contributed by atoms with E-state index >= 15 is 0 Å². The lowest BCUT2D eigenvalue weighted by Gasteiger charge is -2.36. The number of carbonyl (C=O) groups is 2. The summed E-state index contributed by atoms with van der Waals surface area (Å²) in [5.41, 5.74) is 5.20. The van der Waals surface area contributed by atoms with E-state index in [0.717, 1.165) is 70.4 Å². The molecule has 0 atom stereocenters. The predicted octanol–water partition coefficient (Wildman–Crippen LogP) is 5.96. The molecule has 2 amide bonds. The zero-order chi connectivity index (χ0) is 28.1. The summed E-state index contributed by atoms with van der Waals surface area (Å²) in [4.78, 5) is 31.6. The van der Waals surface area contributed by atoms with Crippen molar-refractivity contribution in [3.05, 3.63) is 95.6 Å². The molecule has 1 N–H and O–H groups in total. The molecule has 0 aromatic heterocycles. The van der Waals surface area contributed by atoms with Gasteiger partial charge in [0.2, 0.25) is 11.8 Å². The smallest absolute Gasteiger partial charge is 0.235 e. The quantitative estimate of drug-likeness (QED) is 0.335. The molecule has 1 saturated heterocycles. The van der Waals surface area contributed by atoms with Crippen LogP contribution in [-0.2, 0) is 21.4 Å². The number of nitrogens with one attached hydrogen (secondary N) is 1. The summed E-state index contributed by atoms with van der Waals surface area (Å²) in [6, 6.07) is 27.4. The van der Waals surface area contributed by atoms with Gasteiger partial charge in [-0.2, -0.15) is 0 Å². The van der Waals surface area contributed by atoms with Crippen molar-refractivity contribution in [2.45, 2.75) is 69.2 Å². The number of amides is 2. The maximum absolute atomic E-state index is 14.3. The Morgan fingerprint density at radius 2 is 1.34 bits per heavy atom. The number of piperazine rings is 1. The number of hydrogen-bond acceptors (Lipinski definition) is 3. The predicted molar refractivity (Wildman–Crippen MR) is 165 cm³/mol. The first-order chi connectivity index (χ1) is 20.1. The van der Waals surface area contributed by atoms with Crippen molar-refractivity contribution in [1.82, 2.24) is 15.1 Å². The second-order valence-corrected chi connectivity index (χ2v) is 12.1. The van der Waals surface area contributed by atoms with Crippen LogP contribution in [0.1, 0.15) is 68.1 Å². The highest BCUT2D eigenvalue weighted by atomic mass is 16.2. The molecule has 41 heavy (non-hydrogen) atoms. The van der Waals surface area contributed by atoms with E-state index in [1.807, 2.05) is 35.2 Å². The molecule has 3 aromatic rings. The number of fused-ring (bicyclic) bond motifs is 3. The highest BCUT2D eigenvalue weighted by Crippen LogP contribution is 2.51. The van der Waals surface area contributed by atoms with Gasteiger partial charge < -0.3 is 10.2 Å². The minimum Gasteiger partial charge on any atom is -0.352 e. The minimum atomic E-state index is -0.632. The molecule has 3 aromatic carbocycles. The fourth-order valence-corrected chi connectivity index (χ4v) is 7.34. The SMILES string of the molecule is O=C(Cc1ccccc1)N1CCN(CCCCC2(C(=O)NC3CCCCC3)c3ccccc3-c3ccccc32)CC1. The van der Waals surface area contributed by atoms with Gasteiger partial charge in [-0.15, -0.1) is 0 Å². The van der Waals surface area contributed by atoms with Crippen LogP contribution in [0.15, 0.2) is 78.9 Å². The third kappa shape index (κ3) is 5.83. The van der Waals surface area contributed by atoms with Crippen molar-refractivity contribution in [2.75, 3.05) is 32.7 Å². The minimum absolute atomic E-state index is 0.187. The van der Waals surface area contributed by atoms with E-state index in [4.69, 9.17) is 0 Å². The van der Waals surface area contributed by atoms with Gasteiger partial charge >= 0.3 is 0 Å². The molecule has 1 saturated carbocycles. The Labute approximate surface area is 244 Å². The Bertz CT molecular complexity index is 1290. The molecule has 0 bridgehead atoms. The summed E-state index contributed by atoms with van der Waals surface area (Å²) >= 11 is 0. The summed E-state index contributed by atoms with van der Waals surface area (Å²) in [5, 5.41) is 3.52. The molecule has 3 aliphatic rings. The number of hydrogen-bond donors (Lipinski definition) is 1. The van der Waals surface area contributed by atoms with Crippen molar-refractivity contribution in [2.24, 2.45) is 0 Å². The first-order valence-electron chi connectivity index (χ1n) is 15.7. The van der Waals surface area contributed by atoms with Gasteiger partial charge in [0.05, 0.1) is 6.42 Å². The molecular formula is C36H43N3O2. The number of rotatable bonds is 9. The van der Waals surface area contributed by atoms with E-state index in [9.17, 15) is 9.59 Å². The van der Waals surface area contributed by atoms with Crippen LogP contribution in [0, 0.1) is 0 Å². The summed E-state index contributed by atoms with van der Waals surface area (Å²) in [6.45, 7) is 4.42. The molecule has 6 rings (SSSR count). The van der Waals surface area contributed by atoms with Crippen LogP contribution >= 0.6 is 0 Å². The third-order valence-corrected chi connectivity index (χ3v) is 9.59. The van der Waals surface area contributed by atoms with Crippen LogP contribution in [0.3, 0.4) is 0 Å². The molecule has 0 unspecified atom stereocenters. The fourth-order valence-electron chi connectivity index (χ4n) is 7.34. The third-order valence-electron chi connectivity index (χ3n) is 9.59. The van der Waals surface area contributed by atoms with E-state index in [0.29, 0.717) is 6.42 Å². The van der Waals surface area contributed by atoms with E-state index < -0.39 is 5.41 Å². The molecule has 2 fully saturated rings. The number of benzene rings is 3. The maximum atomic E-state index is 14.3. The molecule has 5 nitrogen and oxygen atoms in total. The molecule has 2 aliphatic carbocycles. The van der Waals surface area contributed by atoms with Gasteiger partial charge in [-0.25, -0.2) is 0 Å². The van der Waals surface area contributed by atoms with Gasteiger partial charge in [-0.05, 0) is 60.0 Å². The molecule has 5 heteroatoms. The standard InChI is InChI=1S/C36H43N3O2/c40-34(27-28-13-3-1-4-14-28)39-25-23-38(24-26-39)22-12-11-21-36(35(41)37-29-15-5-2-6-16-29)32-19-9-7-17-30(32)31-18-8-10-20-33(31)36/h1,3-4,7-10,13-14,17-20,29H,2,5-6,11-12,15-16,21-27H2,(H,37,41). The topological polar surface area (TPSA) is 52.7 Å². The molecule has 214 valence electrons. The molecule has 1 heterocycles. The van der Waals surface area contributed by atoms with Crippen molar-refractivity contribution >= 4 is 11.8 Å². The average molecular weight is 550 g/mol. The highest BCUT2D eigenvalue weighted by molar-refractivity contribution is 6.00. The Kier molecular flexibility index (Phi) is 8.52. The average Bonchev–Trinajstić information content (AvgIpc) is 3.31. The number of carbonyl (C=O) groups excluding carboxylic acids is 2. The first-order valence-corrected chi connectivity index (χ1v) is 15.7. The fraction of sp³-hybridized carbons (Fsp3) is 0.444. The second kappa shape index (κ2) is 12.6. The number of unbranched alkanes of at least 4 members (excludes halogenated alkanes) is 1. The van der Waals surface area contributed by atoms with Crippen LogP contribution in [0.25, 0.3) is 11.1 Å². The summed E-state index contributed by atoms with van der Waals surface area (Å²) < 4.78 is 0. The molecule has 1 aliphatic heterocycles. The van der Waals surface area contributed by atoms with Crippen molar-refractivity contribution in [3.63, 3.8) is 0 Å². The van der Waals surface area contributed by atoms with Crippen LogP contribution < -0.4 is 5.32 Å². The molecule has 0 spiro atoms. The lowest BCUT2D eigenvalue weighted by atomic mass is 9.73. The second-order valence-electron chi connectivity index (χ2n) is 12.1. The summed E-state index contributed by atoms with van der Waals surface area (Å²) in [5.74, 6) is 0.410. The van der Waals surface area contributed by atoms with Gasteiger partial charge in [0, 0.05) is 32.2 Å². The monoisotopic (exact) mass is 549 g/mol. The lowest BCUT2D eigenvalue weighted by molar-refractivity contribution is -0.132. The van der Waals surface area contributed by atoms with Gasteiger partial charge in [-0.1, -0.05) is 105 Å². The Balaban J connectivity index is 1.09. The normalized spacial score (nSPS) is 18.5. The van der Waals surface area contributed by atoms with Crippen molar-refractivity contribution in [1.29, 1.82) is 0 Å². The zero-order valence-corrected chi connectivity index (χ0v) is 24.2. The van der Waals surface area contributed by atoms with Gasteiger partial charge in [0.1, 0.15) is 5.41 Å².